The summed E-state index contributed by atoms with van der Waals surface area (Å²) in [5.74, 6) is -0.00644. The van der Waals surface area contributed by atoms with Crippen molar-refractivity contribution >= 4 is 11.9 Å². The van der Waals surface area contributed by atoms with E-state index >= 15 is 0 Å². The SMILES string of the molecule is NC(=O)N1CCC[C@H]1C(=O)NC1CCC2(CC1)CC2. The molecule has 3 amide bonds. The fraction of sp³-hybridized carbons (Fsp3) is 0.857. The molecule has 5 heteroatoms. The van der Waals surface area contributed by atoms with E-state index < -0.39 is 6.03 Å². The van der Waals surface area contributed by atoms with Crippen LogP contribution in [0.4, 0.5) is 4.79 Å². The van der Waals surface area contributed by atoms with Gasteiger partial charge in [0.1, 0.15) is 6.04 Å². The molecule has 3 fully saturated rings. The number of nitrogens with zero attached hydrogens (tertiary/aromatic N) is 1. The van der Waals surface area contributed by atoms with Gasteiger partial charge in [-0.15, -0.1) is 0 Å². The van der Waals surface area contributed by atoms with Crippen molar-refractivity contribution in [1.82, 2.24) is 10.2 Å². The second-order valence-electron chi connectivity index (χ2n) is 6.47. The van der Waals surface area contributed by atoms with Crippen LogP contribution in [0.15, 0.2) is 0 Å². The highest BCUT2D eigenvalue weighted by atomic mass is 16.2. The lowest BCUT2D eigenvalue weighted by Crippen LogP contribution is -2.50. The minimum absolute atomic E-state index is 0.00644. The van der Waals surface area contributed by atoms with Gasteiger partial charge in [0.25, 0.3) is 0 Å². The molecule has 5 nitrogen and oxygen atoms in total. The number of urea groups is 1. The minimum Gasteiger partial charge on any atom is -0.352 e. The molecule has 106 valence electrons. The van der Waals surface area contributed by atoms with Crippen molar-refractivity contribution in [2.75, 3.05) is 6.54 Å². The number of amides is 3. The third-order valence-corrected chi connectivity index (χ3v) is 5.19. The van der Waals surface area contributed by atoms with Gasteiger partial charge in [0.05, 0.1) is 0 Å². The minimum atomic E-state index is -0.474. The van der Waals surface area contributed by atoms with Gasteiger partial charge in [-0.2, -0.15) is 0 Å². The van der Waals surface area contributed by atoms with Gasteiger partial charge in [-0.25, -0.2) is 4.79 Å². The molecule has 2 saturated carbocycles. The highest BCUT2D eigenvalue weighted by Crippen LogP contribution is 2.56. The van der Waals surface area contributed by atoms with Crippen molar-refractivity contribution in [2.24, 2.45) is 11.1 Å². The predicted molar refractivity (Wildman–Crippen MR) is 71.4 cm³/mol. The standard InChI is InChI=1S/C14H23N3O2/c15-13(19)17-9-1-2-11(17)12(18)16-10-3-5-14(6-4-10)7-8-14/h10-11H,1-9H2,(H2,15,19)(H,16,18)/t11-/m0/s1. The molecular weight excluding hydrogens is 242 g/mol. The van der Waals surface area contributed by atoms with Crippen molar-refractivity contribution in [3.05, 3.63) is 0 Å². The van der Waals surface area contributed by atoms with Gasteiger partial charge in [-0.3, -0.25) is 4.79 Å². The summed E-state index contributed by atoms with van der Waals surface area (Å²) in [5, 5.41) is 3.12. The number of hydrogen-bond donors (Lipinski definition) is 2. The van der Waals surface area contributed by atoms with Crippen LogP contribution in [-0.2, 0) is 4.79 Å². The second kappa shape index (κ2) is 4.69. The fourth-order valence-electron chi connectivity index (χ4n) is 3.65. The molecule has 0 unspecified atom stereocenters. The molecule has 3 rings (SSSR count). The Hall–Kier alpha value is -1.26. The highest BCUT2D eigenvalue weighted by Gasteiger charge is 2.45. The van der Waals surface area contributed by atoms with Gasteiger partial charge in [-0.1, -0.05) is 0 Å². The summed E-state index contributed by atoms with van der Waals surface area (Å²) < 4.78 is 0. The molecule has 0 radical (unpaired) electrons. The van der Waals surface area contributed by atoms with Crippen molar-refractivity contribution in [3.8, 4) is 0 Å². The van der Waals surface area contributed by atoms with Crippen LogP contribution in [0.25, 0.3) is 0 Å². The molecule has 0 aromatic rings. The van der Waals surface area contributed by atoms with Crippen LogP contribution in [0, 0.1) is 5.41 Å². The first-order valence-electron chi connectivity index (χ1n) is 7.46. The van der Waals surface area contributed by atoms with Crippen LogP contribution in [0.1, 0.15) is 51.4 Å². The largest absolute Gasteiger partial charge is 0.352 e. The summed E-state index contributed by atoms with van der Waals surface area (Å²) in [6.45, 7) is 0.612. The van der Waals surface area contributed by atoms with E-state index in [0.29, 0.717) is 18.0 Å². The van der Waals surface area contributed by atoms with Crippen LogP contribution in [0.5, 0.6) is 0 Å². The van der Waals surface area contributed by atoms with E-state index in [4.69, 9.17) is 5.73 Å². The van der Waals surface area contributed by atoms with E-state index in [1.165, 1.54) is 30.6 Å². The van der Waals surface area contributed by atoms with Crippen LogP contribution in [0.2, 0.25) is 0 Å². The Bertz CT molecular complexity index is 382. The quantitative estimate of drug-likeness (QED) is 0.791. The summed E-state index contributed by atoms with van der Waals surface area (Å²) in [6, 6.07) is -0.512. The molecule has 0 aromatic heterocycles. The van der Waals surface area contributed by atoms with Crippen LogP contribution >= 0.6 is 0 Å². The number of rotatable bonds is 2. The van der Waals surface area contributed by atoms with Crippen molar-refractivity contribution in [2.45, 2.75) is 63.5 Å². The van der Waals surface area contributed by atoms with Gasteiger partial charge in [0.15, 0.2) is 0 Å². The van der Waals surface area contributed by atoms with Gasteiger partial charge in [0, 0.05) is 12.6 Å². The molecule has 3 N–H and O–H groups in total. The van der Waals surface area contributed by atoms with Crippen molar-refractivity contribution < 1.29 is 9.59 Å². The third-order valence-electron chi connectivity index (χ3n) is 5.19. The van der Waals surface area contributed by atoms with Crippen molar-refractivity contribution in [1.29, 1.82) is 0 Å². The predicted octanol–water partition coefficient (Wildman–Crippen LogP) is 1.37. The lowest BCUT2D eigenvalue weighted by molar-refractivity contribution is -0.125. The summed E-state index contributed by atoms with van der Waals surface area (Å²) >= 11 is 0. The second-order valence-corrected chi connectivity index (χ2v) is 6.47. The topological polar surface area (TPSA) is 75.4 Å². The Morgan fingerprint density at radius 3 is 2.37 bits per heavy atom. The Morgan fingerprint density at radius 2 is 1.79 bits per heavy atom. The Kier molecular flexibility index (Phi) is 3.15. The molecule has 3 aliphatic rings. The zero-order valence-corrected chi connectivity index (χ0v) is 11.4. The van der Waals surface area contributed by atoms with E-state index in [2.05, 4.69) is 5.32 Å². The smallest absolute Gasteiger partial charge is 0.315 e. The molecule has 1 spiro atoms. The van der Waals surface area contributed by atoms with Crippen LogP contribution in [-0.4, -0.2) is 35.5 Å². The Morgan fingerprint density at radius 1 is 1.11 bits per heavy atom. The molecule has 1 aliphatic heterocycles. The average Bonchev–Trinajstić information content (AvgIpc) is 2.95. The van der Waals surface area contributed by atoms with Gasteiger partial charge in [-0.05, 0) is 56.8 Å². The number of nitrogens with two attached hydrogens (primary N) is 1. The number of carbonyl (C=O) groups excluding carboxylic acids is 2. The normalized spacial score (nSPS) is 29.5. The first-order valence-corrected chi connectivity index (χ1v) is 7.46. The number of hydrogen-bond acceptors (Lipinski definition) is 2. The monoisotopic (exact) mass is 265 g/mol. The number of carbonyl (C=O) groups is 2. The molecule has 0 aromatic carbocycles. The first-order chi connectivity index (χ1) is 9.10. The average molecular weight is 265 g/mol. The maximum absolute atomic E-state index is 12.2. The Balaban J connectivity index is 1.52. The van der Waals surface area contributed by atoms with E-state index in [0.717, 1.165) is 25.7 Å². The van der Waals surface area contributed by atoms with E-state index in [1.54, 1.807) is 0 Å². The lowest BCUT2D eigenvalue weighted by Gasteiger charge is -2.31. The molecule has 1 saturated heterocycles. The maximum atomic E-state index is 12.2. The first kappa shape index (κ1) is 12.8. The summed E-state index contributed by atoms with van der Waals surface area (Å²) in [7, 11) is 0. The zero-order chi connectivity index (χ0) is 13.5. The summed E-state index contributed by atoms with van der Waals surface area (Å²) in [5.41, 5.74) is 5.96. The molecule has 19 heavy (non-hydrogen) atoms. The molecule has 1 atom stereocenters. The maximum Gasteiger partial charge on any atom is 0.315 e. The molecule has 2 aliphatic carbocycles. The zero-order valence-electron chi connectivity index (χ0n) is 11.4. The van der Waals surface area contributed by atoms with Crippen LogP contribution < -0.4 is 11.1 Å². The molecule has 0 bridgehead atoms. The van der Waals surface area contributed by atoms with Gasteiger partial charge >= 0.3 is 6.03 Å². The summed E-state index contributed by atoms with van der Waals surface area (Å²) in [6.07, 6.45) is 9.06. The van der Waals surface area contributed by atoms with Crippen LogP contribution in [0.3, 0.4) is 0 Å². The van der Waals surface area contributed by atoms with E-state index in [1.807, 2.05) is 0 Å². The van der Waals surface area contributed by atoms with Gasteiger partial charge in [0.2, 0.25) is 5.91 Å². The summed E-state index contributed by atoms with van der Waals surface area (Å²) in [4.78, 5) is 25.0. The lowest BCUT2D eigenvalue weighted by atomic mass is 9.83. The molecular formula is C14H23N3O2. The number of nitrogens with one attached hydrogen (secondary N) is 1. The third kappa shape index (κ3) is 2.55. The number of primary amides is 1. The Labute approximate surface area is 113 Å². The number of likely N-dealkylation sites (tertiary alicyclic amines) is 1. The van der Waals surface area contributed by atoms with Gasteiger partial charge < -0.3 is 16.0 Å². The van der Waals surface area contributed by atoms with E-state index in [9.17, 15) is 9.59 Å². The highest BCUT2D eigenvalue weighted by molar-refractivity contribution is 5.87. The van der Waals surface area contributed by atoms with Crippen molar-refractivity contribution in [3.63, 3.8) is 0 Å². The molecule has 1 heterocycles. The van der Waals surface area contributed by atoms with E-state index in [-0.39, 0.29) is 11.9 Å². The fourth-order valence-corrected chi connectivity index (χ4v) is 3.65.